The smallest absolute Gasteiger partial charge is 0.270 e. The van der Waals surface area contributed by atoms with Crippen molar-refractivity contribution < 1.29 is 0 Å². The molecular weight excluding hydrogens is 169 g/mol. The minimum Gasteiger partial charge on any atom is -0.343 e. The maximum atomic E-state index is 11.2. The largest absolute Gasteiger partial charge is 0.343 e. The number of fused-ring (bicyclic) bond motifs is 1. The molecular formula is C7H4BN3O2. The number of hydrogen-bond acceptors (Lipinski definition) is 3. The molecule has 0 unspecified atom stereocenters. The Labute approximate surface area is 73.8 Å². The van der Waals surface area contributed by atoms with Crippen molar-refractivity contribution in [3.8, 4) is 0 Å². The van der Waals surface area contributed by atoms with E-state index in [4.69, 9.17) is 7.98 Å². The molecule has 0 saturated carbocycles. The van der Waals surface area contributed by atoms with Crippen molar-refractivity contribution in [2.24, 2.45) is 5.18 Å². The van der Waals surface area contributed by atoms with E-state index in [1.165, 1.54) is 12.1 Å². The Bertz CT molecular complexity index is 528. The van der Waals surface area contributed by atoms with Crippen molar-refractivity contribution >= 4 is 24.6 Å². The lowest BCUT2D eigenvalue weighted by molar-refractivity contribution is 0.993. The Hall–Kier alpha value is -1.85. The topological polar surface area (TPSA) is 67.2 Å². The van der Waals surface area contributed by atoms with Crippen molar-refractivity contribution in [1.82, 2.24) is 9.69 Å². The molecule has 1 N–H and O–H groups in total. The highest BCUT2D eigenvalue weighted by molar-refractivity contribution is 6.10. The Kier molecular flexibility index (Phi) is 1.55. The standard InChI is InChI=1S/C7H4BN3O2/c8-11-6-2-1-4(10-13)3-5(6)7(12)9-11/h1-3H,(H,9,12). The highest BCUT2D eigenvalue weighted by atomic mass is 16.3. The van der Waals surface area contributed by atoms with Crippen LogP contribution in [0.25, 0.3) is 10.9 Å². The molecule has 13 heavy (non-hydrogen) atoms. The molecule has 0 amide bonds. The average Bonchev–Trinajstić information content (AvgIpc) is 2.42. The summed E-state index contributed by atoms with van der Waals surface area (Å²) in [7, 11) is 5.42. The van der Waals surface area contributed by atoms with Gasteiger partial charge in [-0.2, -0.15) is 0 Å². The summed E-state index contributed by atoms with van der Waals surface area (Å²) >= 11 is 0. The molecule has 1 aromatic carbocycles. The molecule has 0 aliphatic rings. The molecule has 5 nitrogen and oxygen atoms in total. The van der Waals surface area contributed by atoms with E-state index in [9.17, 15) is 9.70 Å². The maximum absolute atomic E-state index is 11.2. The van der Waals surface area contributed by atoms with Gasteiger partial charge < -0.3 is 4.59 Å². The zero-order valence-corrected chi connectivity index (χ0v) is 6.52. The first-order valence-corrected chi connectivity index (χ1v) is 3.55. The van der Waals surface area contributed by atoms with Crippen LogP contribution in [0.15, 0.2) is 28.2 Å². The second-order valence-corrected chi connectivity index (χ2v) is 2.60. The third-order valence-corrected chi connectivity index (χ3v) is 1.81. The molecule has 1 heterocycles. The van der Waals surface area contributed by atoms with Gasteiger partial charge in [-0.3, -0.25) is 9.89 Å². The highest BCUT2D eigenvalue weighted by Gasteiger charge is 2.03. The fourth-order valence-electron chi connectivity index (χ4n) is 1.20. The van der Waals surface area contributed by atoms with Gasteiger partial charge in [0, 0.05) is 0 Å². The van der Waals surface area contributed by atoms with Crippen LogP contribution in [0.4, 0.5) is 5.69 Å². The van der Waals surface area contributed by atoms with Crippen LogP contribution in [0.5, 0.6) is 0 Å². The first kappa shape index (κ1) is 7.79. The number of nitrogens with one attached hydrogen (secondary N) is 1. The lowest BCUT2D eigenvalue weighted by Crippen LogP contribution is -2.02. The fourth-order valence-corrected chi connectivity index (χ4v) is 1.20. The van der Waals surface area contributed by atoms with E-state index in [0.29, 0.717) is 10.9 Å². The number of H-pyrrole nitrogens is 1. The average molecular weight is 173 g/mol. The van der Waals surface area contributed by atoms with Gasteiger partial charge in [0.15, 0.2) is 0 Å². The summed E-state index contributed by atoms with van der Waals surface area (Å²) in [5.41, 5.74) is 0.421. The first-order valence-electron chi connectivity index (χ1n) is 3.55. The predicted molar refractivity (Wildman–Crippen MR) is 49.2 cm³/mol. The minimum atomic E-state index is -0.331. The van der Waals surface area contributed by atoms with Crippen molar-refractivity contribution in [1.29, 1.82) is 0 Å². The molecule has 2 rings (SSSR count). The van der Waals surface area contributed by atoms with Gasteiger partial charge in [0.25, 0.3) is 13.5 Å². The van der Waals surface area contributed by atoms with Crippen molar-refractivity contribution in [3.05, 3.63) is 33.5 Å². The third-order valence-electron chi connectivity index (χ3n) is 1.81. The second-order valence-electron chi connectivity index (χ2n) is 2.60. The van der Waals surface area contributed by atoms with Crippen LogP contribution in [0.1, 0.15) is 0 Å². The molecule has 0 saturated heterocycles. The van der Waals surface area contributed by atoms with Crippen LogP contribution in [-0.4, -0.2) is 17.7 Å². The van der Waals surface area contributed by atoms with Gasteiger partial charge in [-0.05, 0) is 23.4 Å². The number of aromatic amines is 1. The van der Waals surface area contributed by atoms with Crippen LogP contribution in [0, 0.1) is 4.91 Å². The van der Waals surface area contributed by atoms with Crippen molar-refractivity contribution in [3.63, 3.8) is 0 Å². The van der Waals surface area contributed by atoms with Crippen LogP contribution >= 0.6 is 0 Å². The number of benzene rings is 1. The van der Waals surface area contributed by atoms with E-state index in [2.05, 4.69) is 10.3 Å². The lowest BCUT2D eigenvalue weighted by atomic mass is 10.2. The zero-order valence-electron chi connectivity index (χ0n) is 6.52. The van der Waals surface area contributed by atoms with Gasteiger partial charge in [-0.1, -0.05) is 0 Å². The summed E-state index contributed by atoms with van der Waals surface area (Å²) in [4.78, 5) is 21.3. The summed E-state index contributed by atoms with van der Waals surface area (Å²) < 4.78 is 1.10. The normalized spacial score (nSPS) is 10.5. The zero-order chi connectivity index (χ0) is 9.42. The summed E-state index contributed by atoms with van der Waals surface area (Å²) in [6.07, 6.45) is 0. The molecule has 6 heteroatoms. The van der Waals surface area contributed by atoms with E-state index < -0.39 is 0 Å². The summed E-state index contributed by atoms with van der Waals surface area (Å²) in [6, 6.07) is 4.44. The van der Waals surface area contributed by atoms with Gasteiger partial charge in [0.1, 0.15) is 5.69 Å². The molecule has 62 valence electrons. The second kappa shape index (κ2) is 2.58. The molecule has 1 aromatic heterocycles. The highest BCUT2D eigenvalue weighted by Crippen LogP contribution is 2.17. The Balaban J connectivity index is 2.91. The van der Waals surface area contributed by atoms with E-state index in [1.807, 2.05) is 0 Å². The first-order chi connectivity index (χ1) is 6.22. The van der Waals surface area contributed by atoms with Gasteiger partial charge in [0.05, 0.1) is 10.9 Å². The Morgan fingerprint density at radius 1 is 1.46 bits per heavy atom. The van der Waals surface area contributed by atoms with Crippen LogP contribution in [0.3, 0.4) is 0 Å². The predicted octanol–water partition coefficient (Wildman–Crippen LogP) is 0.659. The van der Waals surface area contributed by atoms with Crippen molar-refractivity contribution in [2.75, 3.05) is 0 Å². The van der Waals surface area contributed by atoms with Crippen LogP contribution in [-0.2, 0) is 0 Å². The SMILES string of the molecule is [B]n1[nH]c(=O)c2cc(N=O)ccc21. The number of aromatic nitrogens is 2. The van der Waals surface area contributed by atoms with E-state index in [-0.39, 0.29) is 11.2 Å². The molecule has 0 bridgehead atoms. The molecule has 0 atom stereocenters. The molecule has 0 aliphatic carbocycles. The molecule has 2 aromatic rings. The van der Waals surface area contributed by atoms with E-state index in [1.54, 1.807) is 6.07 Å². The van der Waals surface area contributed by atoms with E-state index in [0.717, 1.165) is 4.59 Å². The number of nitroso groups, excluding NO2 is 1. The maximum Gasteiger partial charge on any atom is 0.270 e. The number of rotatable bonds is 1. The van der Waals surface area contributed by atoms with Gasteiger partial charge in [0.2, 0.25) is 0 Å². The number of nitrogens with zero attached hydrogens (tertiary/aromatic N) is 2. The van der Waals surface area contributed by atoms with Crippen LogP contribution < -0.4 is 5.56 Å². The molecule has 0 aliphatic heterocycles. The number of hydrogen-bond donors (Lipinski definition) is 1. The monoisotopic (exact) mass is 173 g/mol. The Morgan fingerprint density at radius 3 is 2.92 bits per heavy atom. The fraction of sp³-hybridized carbons (Fsp3) is 0. The van der Waals surface area contributed by atoms with E-state index >= 15 is 0 Å². The molecule has 2 radical (unpaired) electrons. The Morgan fingerprint density at radius 2 is 2.23 bits per heavy atom. The van der Waals surface area contributed by atoms with Crippen LogP contribution in [0.2, 0.25) is 0 Å². The summed E-state index contributed by atoms with van der Waals surface area (Å²) in [5, 5.41) is 5.44. The quantitative estimate of drug-likeness (QED) is 0.508. The third kappa shape index (κ3) is 1.07. The minimum absolute atomic E-state index is 0.212. The molecule has 0 fully saturated rings. The lowest BCUT2D eigenvalue weighted by Gasteiger charge is -1.93. The van der Waals surface area contributed by atoms with Gasteiger partial charge >= 0.3 is 0 Å². The van der Waals surface area contributed by atoms with Gasteiger partial charge in [-0.15, -0.1) is 4.91 Å². The summed E-state index contributed by atoms with van der Waals surface area (Å²) in [5.74, 6) is 0. The summed E-state index contributed by atoms with van der Waals surface area (Å²) in [6.45, 7) is 0. The van der Waals surface area contributed by atoms with Crippen molar-refractivity contribution in [2.45, 2.75) is 0 Å². The molecule has 0 spiro atoms. The van der Waals surface area contributed by atoms with Gasteiger partial charge in [-0.25, -0.2) is 0 Å².